The van der Waals surface area contributed by atoms with Gasteiger partial charge in [-0.05, 0) is 30.7 Å². The zero-order valence-electron chi connectivity index (χ0n) is 12.9. The third kappa shape index (κ3) is 7.45. The van der Waals surface area contributed by atoms with Crippen molar-refractivity contribution in [1.82, 2.24) is 5.32 Å². The van der Waals surface area contributed by atoms with Crippen molar-refractivity contribution in [3.8, 4) is 0 Å². The lowest BCUT2D eigenvalue weighted by atomic mass is 9.76. The fourth-order valence-electron chi connectivity index (χ4n) is 2.08. The molecule has 0 aromatic carbocycles. The number of methoxy groups -OCH3 is 1. The number of hydrogen-bond donors (Lipinski definition) is 3. The summed E-state index contributed by atoms with van der Waals surface area (Å²) in [5, 5.41) is 11.4. The van der Waals surface area contributed by atoms with Crippen molar-refractivity contribution in [2.24, 2.45) is 17.1 Å². The van der Waals surface area contributed by atoms with E-state index < -0.39 is 12.1 Å². The fourth-order valence-corrected chi connectivity index (χ4v) is 2.08. The molecule has 2 unspecified atom stereocenters. The number of rotatable bonds is 9. The first-order valence-electron chi connectivity index (χ1n) is 6.94. The van der Waals surface area contributed by atoms with Crippen LogP contribution in [0.25, 0.3) is 0 Å². The van der Waals surface area contributed by atoms with Crippen molar-refractivity contribution in [1.29, 1.82) is 0 Å². The molecular weight excluding hydrogens is 260 g/mol. The zero-order valence-corrected chi connectivity index (χ0v) is 12.9. The van der Waals surface area contributed by atoms with E-state index in [4.69, 9.17) is 15.6 Å². The second-order valence-electron chi connectivity index (χ2n) is 6.05. The predicted molar refractivity (Wildman–Crippen MR) is 77.3 cm³/mol. The van der Waals surface area contributed by atoms with E-state index in [1.807, 2.05) is 0 Å². The second-order valence-corrected chi connectivity index (χ2v) is 6.05. The Hall–Kier alpha value is -1.14. The molecule has 0 saturated carbocycles. The Balaban J connectivity index is 4.17. The van der Waals surface area contributed by atoms with Crippen molar-refractivity contribution < 1.29 is 19.4 Å². The number of carbonyl (C=O) groups is 2. The summed E-state index contributed by atoms with van der Waals surface area (Å²) < 4.78 is 4.75. The normalized spacial score (nSPS) is 14.7. The highest BCUT2D eigenvalue weighted by Gasteiger charge is 2.24. The van der Waals surface area contributed by atoms with Gasteiger partial charge in [-0.1, -0.05) is 20.8 Å². The van der Waals surface area contributed by atoms with Crippen LogP contribution in [0.2, 0.25) is 0 Å². The summed E-state index contributed by atoms with van der Waals surface area (Å²) in [7, 11) is 1.31. The first-order chi connectivity index (χ1) is 9.22. The molecule has 0 radical (unpaired) electrons. The molecule has 0 aliphatic carbocycles. The van der Waals surface area contributed by atoms with Crippen LogP contribution in [-0.2, 0) is 14.3 Å². The average molecular weight is 288 g/mol. The fraction of sp³-hybridized carbons (Fsp3) is 0.857. The Labute approximate surface area is 121 Å². The number of carbonyl (C=O) groups excluding carboxylic acids is 1. The molecular formula is C14H28N2O4. The second kappa shape index (κ2) is 8.92. The van der Waals surface area contributed by atoms with Crippen LogP contribution in [0.4, 0.5) is 0 Å². The van der Waals surface area contributed by atoms with Gasteiger partial charge in [0.1, 0.15) is 0 Å². The van der Waals surface area contributed by atoms with E-state index >= 15 is 0 Å². The van der Waals surface area contributed by atoms with Crippen LogP contribution in [0.3, 0.4) is 0 Å². The van der Waals surface area contributed by atoms with Crippen LogP contribution in [0, 0.1) is 11.3 Å². The van der Waals surface area contributed by atoms with Gasteiger partial charge in [0.25, 0.3) is 0 Å². The number of aliphatic carboxylic acids is 1. The lowest BCUT2D eigenvalue weighted by Gasteiger charge is -2.30. The maximum Gasteiger partial charge on any atom is 0.334 e. The summed E-state index contributed by atoms with van der Waals surface area (Å²) >= 11 is 0. The molecule has 0 aliphatic heterocycles. The molecule has 0 aromatic rings. The molecule has 0 heterocycles. The highest BCUT2D eigenvalue weighted by atomic mass is 16.5. The number of nitrogens with two attached hydrogens (primary N) is 1. The topological polar surface area (TPSA) is 102 Å². The standard InChI is InChI=1S/C14H28N2O4/c1-14(2,3)10(7-8-15)5-6-12(17)16-9-11(20-4)13(18)19/h10-11H,5-9,15H2,1-4H3,(H,16,17)(H,18,19). The minimum Gasteiger partial charge on any atom is -0.479 e. The summed E-state index contributed by atoms with van der Waals surface area (Å²) in [5.74, 6) is -0.862. The molecule has 6 nitrogen and oxygen atoms in total. The predicted octanol–water partition coefficient (Wildman–Crippen LogP) is 0.994. The van der Waals surface area contributed by atoms with Gasteiger partial charge < -0.3 is 20.9 Å². The van der Waals surface area contributed by atoms with E-state index in [1.165, 1.54) is 7.11 Å². The van der Waals surface area contributed by atoms with Crippen LogP contribution >= 0.6 is 0 Å². The smallest absolute Gasteiger partial charge is 0.334 e. The van der Waals surface area contributed by atoms with Crippen LogP contribution in [0.5, 0.6) is 0 Å². The molecule has 0 bridgehead atoms. The average Bonchev–Trinajstić information content (AvgIpc) is 2.33. The number of carboxylic acid groups (broad SMARTS) is 1. The summed E-state index contributed by atoms with van der Waals surface area (Å²) in [6, 6.07) is 0. The first-order valence-corrected chi connectivity index (χ1v) is 6.94. The Morgan fingerprint density at radius 3 is 2.30 bits per heavy atom. The third-order valence-electron chi connectivity index (χ3n) is 3.50. The van der Waals surface area contributed by atoms with E-state index in [0.717, 1.165) is 12.8 Å². The molecule has 1 amide bonds. The quantitative estimate of drug-likeness (QED) is 0.587. The summed E-state index contributed by atoms with van der Waals surface area (Å²) in [4.78, 5) is 22.5. The van der Waals surface area contributed by atoms with Gasteiger partial charge in [0, 0.05) is 13.5 Å². The molecule has 0 rings (SSSR count). The van der Waals surface area contributed by atoms with Crippen molar-refractivity contribution in [2.45, 2.75) is 46.1 Å². The van der Waals surface area contributed by atoms with Gasteiger partial charge in [-0.2, -0.15) is 0 Å². The van der Waals surface area contributed by atoms with Crippen LogP contribution < -0.4 is 11.1 Å². The molecule has 0 aromatic heterocycles. The Morgan fingerprint density at radius 1 is 1.30 bits per heavy atom. The molecule has 4 N–H and O–H groups in total. The van der Waals surface area contributed by atoms with Gasteiger partial charge in [0.15, 0.2) is 6.10 Å². The Bertz CT molecular complexity index is 313. The van der Waals surface area contributed by atoms with Crippen molar-refractivity contribution in [3.05, 3.63) is 0 Å². The van der Waals surface area contributed by atoms with Crippen molar-refractivity contribution >= 4 is 11.9 Å². The van der Waals surface area contributed by atoms with Gasteiger partial charge in [0.05, 0.1) is 6.54 Å². The first kappa shape index (κ1) is 18.9. The number of hydrogen-bond acceptors (Lipinski definition) is 4. The number of carboxylic acids is 1. The lowest BCUT2D eigenvalue weighted by Crippen LogP contribution is -2.38. The summed E-state index contributed by atoms with van der Waals surface area (Å²) in [6.07, 6.45) is 1.00. The highest BCUT2D eigenvalue weighted by molar-refractivity contribution is 5.78. The van der Waals surface area contributed by atoms with Gasteiger partial charge in [-0.25, -0.2) is 4.79 Å². The molecule has 2 atom stereocenters. The maximum absolute atomic E-state index is 11.7. The van der Waals surface area contributed by atoms with Crippen LogP contribution in [0.1, 0.15) is 40.0 Å². The summed E-state index contributed by atoms with van der Waals surface area (Å²) in [6.45, 7) is 7.00. The minimum atomic E-state index is -1.08. The van der Waals surface area contributed by atoms with Crippen LogP contribution in [0.15, 0.2) is 0 Å². The third-order valence-corrected chi connectivity index (χ3v) is 3.50. The van der Waals surface area contributed by atoms with E-state index in [-0.39, 0.29) is 17.9 Å². The largest absolute Gasteiger partial charge is 0.479 e. The molecule has 0 aliphatic rings. The molecule has 20 heavy (non-hydrogen) atoms. The molecule has 0 spiro atoms. The van der Waals surface area contributed by atoms with Crippen molar-refractivity contribution in [3.63, 3.8) is 0 Å². The highest BCUT2D eigenvalue weighted by Crippen LogP contribution is 2.31. The zero-order chi connectivity index (χ0) is 15.8. The molecule has 6 heteroatoms. The van der Waals surface area contributed by atoms with E-state index in [2.05, 4.69) is 26.1 Å². The molecule has 0 fully saturated rings. The monoisotopic (exact) mass is 288 g/mol. The van der Waals surface area contributed by atoms with E-state index in [0.29, 0.717) is 18.9 Å². The van der Waals surface area contributed by atoms with Crippen molar-refractivity contribution in [2.75, 3.05) is 20.2 Å². The number of nitrogens with one attached hydrogen (secondary N) is 1. The van der Waals surface area contributed by atoms with Gasteiger partial charge in [-0.3, -0.25) is 4.79 Å². The van der Waals surface area contributed by atoms with Gasteiger partial charge in [-0.15, -0.1) is 0 Å². The summed E-state index contributed by atoms with van der Waals surface area (Å²) in [5.41, 5.74) is 5.71. The van der Waals surface area contributed by atoms with E-state index in [9.17, 15) is 9.59 Å². The number of amides is 1. The maximum atomic E-state index is 11.7. The Kier molecular flexibility index (Phi) is 8.41. The molecule has 118 valence electrons. The SMILES string of the molecule is COC(CNC(=O)CCC(CCN)C(C)(C)C)C(=O)O. The lowest BCUT2D eigenvalue weighted by molar-refractivity contribution is -0.148. The van der Waals surface area contributed by atoms with Gasteiger partial charge >= 0.3 is 5.97 Å². The van der Waals surface area contributed by atoms with Gasteiger partial charge in [0.2, 0.25) is 5.91 Å². The van der Waals surface area contributed by atoms with Crippen LogP contribution in [-0.4, -0.2) is 43.3 Å². The van der Waals surface area contributed by atoms with E-state index in [1.54, 1.807) is 0 Å². The Morgan fingerprint density at radius 2 is 1.90 bits per heavy atom. The minimum absolute atomic E-state index is 0.0122. The number of ether oxygens (including phenoxy) is 1. The molecule has 0 saturated heterocycles.